The van der Waals surface area contributed by atoms with Gasteiger partial charge in [0.25, 0.3) is 5.69 Å². The minimum absolute atomic E-state index is 0.0157. The fraction of sp³-hybridized carbons (Fsp3) is 0.200. The molecule has 0 unspecified atom stereocenters. The summed E-state index contributed by atoms with van der Waals surface area (Å²) in [4.78, 5) is 24.5. The van der Waals surface area contributed by atoms with Gasteiger partial charge in [-0.15, -0.1) is 21.5 Å². The van der Waals surface area contributed by atoms with Crippen LogP contribution in [0.15, 0.2) is 51.5 Å². The molecule has 0 bridgehead atoms. The summed E-state index contributed by atoms with van der Waals surface area (Å²) >= 11 is 2.92. The monoisotopic (exact) mass is 455 g/mol. The smallest absolute Gasteiger partial charge is 0.340 e. The highest BCUT2D eigenvalue weighted by Gasteiger charge is 2.26. The zero-order chi connectivity index (χ0) is 22.0. The van der Waals surface area contributed by atoms with Crippen LogP contribution in [0.4, 0.5) is 5.69 Å². The summed E-state index contributed by atoms with van der Waals surface area (Å²) in [7, 11) is 0. The molecule has 1 aliphatic rings. The molecule has 11 heteroatoms. The van der Waals surface area contributed by atoms with E-state index >= 15 is 0 Å². The van der Waals surface area contributed by atoms with E-state index < -0.39 is 10.9 Å². The minimum Gasteiger partial charge on any atom is -0.462 e. The Kier molecular flexibility index (Phi) is 5.96. The van der Waals surface area contributed by atoms with Gasteiger partial charge in [-0.1, -0.05) is 30.0 Å². The number of nitrogens with zero attached hydrogens (tertiary/aromatic N) is 5. The Labute approximate surface area is 185 Å². The van der Waals surface area contributed by atoms with Crippen LogP contribution in [0.25, 0.3) is 16.8 Å². The molecule has 0 radical (unpaired) electrons. The lowest BCUT2D eigenvalue weighted by Crippen LogP contribution is -2.21. The van der Waals surface area contributed by atoms with Crippen LogP contribution in [0, 0.1) is 17.0 Å². The van der Waals surface area contributed by atoms with Gasteiger partial charge >= 0.3 is 5.97 Å². The molecule has 0 fully saturated rings. The Morgan fingerprint density at radius 2 is 2.19 bits per heavy atom. The van der Waals surface area contributed by atoms with Crippen molar-refractivity contribution in [3.8, 4) is 10.7 Å². The van der Waals surface area contributed by atoms with Crippen molar-refractivity contribution in [1.29, 1.82) is 0 Å². The van der Waals surface area contributed by atoms with Gasteiger partial charge in [-0.3, -0.25) is 10.1 Å². The zero-order valence-corrected chi connectivity index (χ0v) is 18.3. The molecule has 2 aromatic heterocycles. The first-order valence-corrected chi connectivity index (χ1v) is 11.2. The van der Waals surface area contributed by atoms with Crippen LogP contribution in [-0.2, 0) is 9.53 Å². The van der Waals surface area contributed by atoms with E-state index in [1.807, 2.05) is 17.5 Å². The lowest BCUT2D eigenvalue weighted by Gasteiger charge is -2.15. The molecule has 0 atom stereocenters. The van der Waals surface area contributed by atoms with E-state index in [-0.39, 0.29) is 17.9 Å². The number of ether oxygens (including phenoxy) is 1. The van der Waals surface area contributed by atoms with Gasteiger partial charge in [0.1, 0.15) is 0 Å². The van der Waals surface area contributed by atoms with Crippen molar-refractivity contribution in [3.05, 3.63) is 62.5 Å². The highest BCUT2D eigenvalue weighted by molar-refractivity contribution is 7.99. The number of thioether (sulfide) groups is 1. The van der Waals surface area contributed by atoms with Crippen molar-refractivity contribution in [3.63, 3.8) is 0 Å². The second kappa shape index (κ2) is 8.82. The van der Waals surface area contributed by atoms with E-state index in [4.69, 9.17) is 4.74 Å². The molecule has 158 valence electrons. The van der Waals surface area contributed by atoms with Gasteiger partial charge in [-0.25, -0.2) is 4.79 Å². The van der Waals surface area contributed by atoms with Crippen LogP contribution in [0.3, 0.4) is 0 Å². The number of carbonyl (C=O) groups excluding carboxylic acids is 1. The number of thiophene rings is 1. The first kappa shape index (κ1) is 20.9. The van der Waals surface area contributed by atoms with E-state index in [1.165, 1.54) is 29.2 Å². The molecule has 0 N–H and O–H groups in total. The van der Waals surface area contributed by atoms with E-state index in [0.29, 0.717) is 33.6 Å². The fourth-order valence-corrected chi connectivity index (χ4v) is 4.49. The van der Waals surface area contributed by atoms with Crippen LogP contribution in [0.1, 0.15) is 18.1 Å². The van der Waals surface area contributed by atoms with Gasteiger partial charge in [-0.05, 0) is 36.9 Å². The number of benzene rings is 1. The number of fused-ring (bicyclic) bond motifs is 1. The SMILES string of the molecule is CCOC(=O)C(=Cc1ccc(C)c([N+](=O)[O-])c1)C1=Nn2c(nnc2-c2cccs2)SC1. The normalized spacial score (nSPS) is 13.5. The standard InChI is InChI=1S/C20H17N5O4S2/c1-3-29-19(26)14(9-13-7-6-12(2)16(10-13)25(27)28)15-11-31-20-22-21-18(24(20)23-15)17-5-4-8-30-17/h4-10H,3,11H2,1-2H3. The largest absolute Gasteiger partial charge is 0.462 e. The Hall–Kier alpha value is -3.31. The number of hydrogen-bond donors (Lipinski definition) is 0. The van der Waals surface area contributed by atoms with Crippen molar-refractivity contribution in [2.45, 2.75) is 19.0 Å². The molecule has 3 aromatic rings. The maximum Gasteiger partial charge on any atom is 0.340 e. The molecule has 9 nitrogen and oxygen atoms in total. The molecule has 31 heavy (non-hydrogen) atoms. The number of carbonyl (C=O) groups is 1. The van der Waals surface area contributed by atoms with Gasteiger partial charge in [0, 0.05) is 17.4 Å². The molecule has 0 amide bonds. The summed E-state index contributed by atoms with van der Waals surface area (Å²) in [6.07, 6.45) is 1.57. The van der Waals surface area contributed by atoms with Crippen LogP contribution < -0.4 is 0 Å². The van der Waals surface area contributed by atoms with Gasteiger partial charge < -0.3 is 4.74 Å². The summed E-state index contributed by atoms with van der Waals surface area (Å²) < 4.78 is 6.84. The third-order valence-corrected chi connectivity index (χ3v) is 6.26. The van der Waals surface area contributed by atoms with Gasteiger partial charge in [0.15, 0.2) is 5.82 Å². The zero-order valence-electron chi connectivity index (χ0n) is 16.6. The number of rotatable bonds is 6. The molecule has 0 aliphatic carbocycles. The predicted octanol–water partition coefficient (Wildman–Crippen LogP) is 4.18. The summed E-state index contributed by atoms with van der Waals surface area (Å²) in [6, 6.07) is 8.64. The van der Waals surface area contributed by atoms with E-state index in [2.05, 4.69) is 15.3 Å². The molecule has 4 rings (SSSR count). The van der Waals surface area contributed by atoms with Crippen molar-refractivity contribution >= 4 is 46.5 Å². The highest BCUT2D eigenvalue weighted by atomic mass is 32.2. The molecule has 1 aromatic carbocycles. The van der Waals surface area contributed by atoms with Gasteiger partial charge in [0.05, 0.1) is 27.7 Å². The first-order chi connectivity index (χ1) is 15.0. The quantitative estimate of drug-likeness (QED) is 0.237. The van der Waals surface area contributed by atoms with Crippen molar-refractivity contribution in [2.24, 2.45) is 5.10 Å². The number of aromatic nitrogens is 3. The molecule has 0 spiro atoms. The summed E-state index contributed by atoms with van der Waals surface area (Å²) in [5, 5.41) is 26.9. The Morgan fingerprint density at radius 3 is 2.90 bits per heavy atom. The molecule has 1 aliphatic heterocycles. The average Bonchev–Trinajstić information content (AvgIpc) is 3.42. The third-order valence-electron chi connectivity index (χ3n) is 4.46. The van der Waals surface area contributed by atoms with E-state index in [9.17, 15) is 14.9 Å². The lowest BCUT2D eigenvalue weighted by atomic mass is 10.0. The predicted molar refractivity (Wildman–Crippen MR) is 119 cm³/mol. The Bertz CT molecular complexity index is 1210. The fourth-order valence-electron chi connectivity index (χ4n) is 2.97. The summed E-state index contributed by atoms with van der Waals surface area (Å²) in [6.45, 7) is 3.58. The maximum atomic E-state index is 12.7. The second-order valence-electron chi connectivity index (χ2n) is 6.51. The van der Waals surface area contributed by atoms with Crippen LogP contribution >= 0.6 is 23.1 Å². The van der Waals surface area contributed by atoms with Crippen LogP contribution in [0.5, 0.6) is 0 Å². The van der Waals surface area contributed by atoms with E-state index in [1.54, 1.807) is 36.7 Å². The number of nitro benzene ring substituents is 1. The lowest BCUT2D eigenvalue weighted by molar-refractivity contribution is -0.385. The number of hydrogen-bond acceptors (Lipinski definition) is 9. The number of aryl methyl sites for hydroxylation is 1. The van der Waals surface area contributed by atoms with Crippen LogP contribution in [-0.4, -0.2) is 43.8 Å². The molecular weight excluding hydrogens is 438 g/mol. The van der Waals surface area contributed by atoms with Crippen molar-refractivity contribution in [2.75, 3.05) is 12.4 Å². The van der Waals surface area contributed by atoms with Crippen molar-refractivity contribution < 1.29 is 14.5 Å². The van der Waals surface area contributed by atoms with Crippen molar-refractivity contribution in [1.82, 2.24) is 14.9 Å². The third kappa shape index (κ3) is 4.28. The van der Waals surface area contributed by atoms with E-state index in [0.717, 1.165) is 4.88 Å². The molecular formula is C20H17N5O4S2. The first-order valence-electron chi connectivity index (χ1n) is 9.32. The Balaban J connectivity index is 1.80. The molecule has 0 saturated carbocycles. The second-order valence-corrected chi connectivity index (χ2v) is 8.40. The van der Waals surface area contributed by atoms with Gasteiger partial charge in [0.2, 0.25) is 5.16 Å². The minimum atomic E-state index is -0.542. The number of esters is 1. The summed E-state index contributed by atoms with van der Waals surface area (Å²) in [5.41, 5.74) is 1.76. The number of nitro groups is 1. The van der Waals surface area contributed by atoms with Gasteiger partial charge in [-0.2, -0.15) is 9.78 Å². The molecule has 0 saturated heterocycles. The maximum absolute atomic E-state index is 12.7. The summed E-state index contributed by atoms with van der Waals surface area (Å²) in [5.74, 6) is 0.435. The van der Waals surface area contributed by atoms with Crippen LogP contribution in [0.2, 0.25) is 0 Å². The average molecular weight is 456 g/mol. The topological polar surface area (TPSA) is 113 Å². The Morgan fingerprint density at radius 1 is 1.35 bits per heavy atom. The molecule has 3 heterocycles. The highest BCUT2D eigenvalue weighted by Crippen LogP contribution is 2.31.